The van der Waals surface area contributed by atoms with Crippen molar-refractivity contribution >= 4 is 28.0 Å². The van der Waals surface area contributed by atoms with E-state index in [1.54, 1.807) is 0 Å². The molecular formula is C10H6BrF3O2. The second-order valence-electron chi connectivity index (χ2n) is 3.06. The fourth-order valence-electron chi connectivity index (χ4n) is 1.27. The van der Waals surface area contributed by atoms with E-state index >= 15 is 0 Å². The van der Waals surface area contributed by atoms with Crippen LogP contribution >= 0.6 is 15.9 Å². The molecule has 0 N–H and O–H groups in total. The summed E-state index contributed by atoms with van der Waals surface area (Å²) < 4.78 is 37.1. The molecule has 1 rings (SSSR count). The van der Waals surface area contributed by atoms with Gasteiger partial charge in [0.1, 0.15) is 0 Å². The van der Waals surface area contributed by atoms with Gasteiger partial charge in [-0.1, -0.05) is 6.07 Å². The first-order chi connectivity index (χ1) is 7.29. The van der Waals surface area contributed by atoms with Crippen molar-refractivity contribution in [2.75, 3.05) is 0 Å². The van der Waals surface area contributed by atoms with Crippen LogP contribution in [0.2, 0.25) is 0 Å². The summed E-state index contributed by atoms with van der Waals surface area (Å²) >= 11 is 2.71. The number of Topliss-reactive ketones (excluding diaryl/α,β-unsaturated/α-hetero) is 1. The second kappa shape index (κ2) is 4.37. The molecule has 0 saturated carbocycles. The normalized spacial score (nSPS) is 11.3. The second-order valence-corrected chi connectivity index (χ2v) is 3.86. The average molecular weight is 295 g/mol. The molecule has 86 valence electrons. The number of hydrogen-bond donors (Lipinski definition) is 0. The zero-order valence-corrected chi connectivity index (χ0v) is 9.65. The van der Waals surface area contributed by atoms with Crippen LogP contribution in [0.15, 0.2) is 16.6 Å². The molecule has 0 aromatic heterocycles. The molecule has 16 heavy (non-hydrogen) atoms. The number of alkyl halides is 3. The van der Waals surface area contributed by atoms with E-state index in [0.717, 1.165) is 19.1 Å². The van der Waals surface area contributed by atoms with Crippen molar-refractivity contribution in [1.82, 2.24) is 0 Å². The lowest BCUT2D eigenvalue weighted by molar-refractivity contribution is -0.138. The van der Waals surface area contributed by atoms with Gasteiger partial charge in [0, 0.05) is 15.6 Å². The van der Waals surface area contributed by atoms with Crippen LogP contribution in [0.1, 0.15) is 33.2 Å². The van der Waals surface area contributed by atoms with Crippen LogP contribution in [-0.2, 0) is 6.18 Å². The van der Waals surface area contributed by atoms with Gasteiger partial charge in [-0.05, 0) is 28.9 Å². The molecule has 0 bridgehead atoms. The standard InChI is InChI=1S/C10H6BrF3O2/c1-5(16)8-6(4-15)2-3-7(9(8)11)10(12,13)14/h2-4H,1H3. The number of halogens is 4. The van der Waals surface area contributed by atoms with Crippen molar-refractivity contribution < 1.29 is 22.8 Å². The zero-order valence-electron chi connectivity index (χ0n) is 8.06. The highest BCUT2D eigenvalue weighted by atomic mass is 79.9. The summed E-state index contributed by atoms with van der Waals surface area (Å²) in [4.78, 5) is 21.8. The van der Waals surface area contributed by atoms with Crippen molar-refractivity contribution in [3.63, 3.8) is 0 Å². The van der Waals surface area contributed by atoms with E-state index in [0.29, 0.717) is 6.29 Å². The number of benzene rings is 1. The molecule has 0 unspecified atom stereocenters. The van der Waals surface area contributed by atoms with Gasteiger partial charge in [0.15, 0.2) is 12.1 Å². The third-order valence-electron chi connectivity index (χ3n) is 1.96. The fraction of sp³-hybridized carbons (Fsp3) is 0.200. The van der Waals surface area contributed by atoms with Crippen LogP contribution in [0, 0.1) is 0 Å². The molecule has 0 heterocycles. The van der Waals surface area contributed by atoms with Gasteiger partial charge in [0.2, 0.25) is 0 Å². The molecular weight excluding hydrogens is 289 g/mol. The first-order valence-electron chi connectivity index (χ1n) is 4.15. The zero-order chi connectivity index (χ0) is 12.5. The predicted molar refractivity (Wildman–Crippen MR) is 54.5 cm³/mol. The number of rotatable bonds is 2. The molecule has 0 saturated heterocycles. The molecule has 0 radical (unpaired) electrons. The van der Waals surface area contributed by atoms with Crippen LogP contribution in [0.5, 0.6) is 0 Å². The van der Waals surface area contributed by atoms with Crippen molar-refractivity contribution in [3.8, 4) is 0 Å². The number of carbonyl (C=O) groups excluding carboxylic acids is 2. The Hall–Kier alpha value is -1.17. The molecule has 2 nitrogen and oxygen atoms in total. The number of aldehydes is 1. The van der Waals surface area contributed by atoms with Crippen molar-refractivity contribution in [2.45, 2.75) is 13.1 Å². The smallest absolute Gasteiger partial charge is 0.298 e. The average Bonchev–Trinajstić information content (AvgIpc) is 2.14. The highest BCUT2D eigenvalue weighted by molar-refractivity contribution is 9.10. The molecule has 0 fully saturated rings. The molecule has 0 spiro atoms. The lowest BCUT2D eigenvalue weighted by atomic mass is 10.0. The van der Waals surface area contributed by atoms with Gasteiger partial charge in [0.05, 0.1) is 5.56 Å². The first-order valence-corrected chi connectivity index (χ1v) is 4.94. The maximum atomic E-state index is 12.5. The van der Waals surface area contributed by atoms with Gasteiger partial charge in [-0.2, -0.15) is 13.2 Å². The summed E-state index contributed by atoms with van der Waals surface area (Å²) in [5.74, 6) is -0.597. The Bertz CT molecular complexity index is 452. The van der Waals surface area contributed by atoms with Crippen LogP contribution < -0.4 is 0 Å². The monoisotopic (exact) mass is 294 g/mol. The molecule has 0 amide bonds. The van der Waals surface area contributed by atoms with Crippen molar-refractivity contribution in [3.05, 3.63) is 33.3 Å². The van der Waals surface area contributed by atoms with E-state index in [2.05, 4.69) is 15.9 Å². The van der Waals surface area contributed by atoms with Gasteiger partial charge in [-0.25, -0.2) is 0 Å². The largest absolute Gasteiger partial charge is 0.417 e. The Morgan fingerprint density at radius 2 is 1.94 bits per heavy atom. The number of hydrogen-bond acceptors (Lipinski definition) is 2. The van der Waals surface area contributed by atoms with Crippen molar-refractivity contribution in [2.24, 2.45) is 0 Å². The third-order valence-corrected chi connectivity index (χ3v) is 2.78. The van der Waals surface area contributed by atoms with E-state index in [1.165, 1.54) is 0 Å². The highest BCUT2D eigenvalue weighted by Crippen LogP contribution is 2.37. The molecule has 0 atom stereocenters. The molecule has 1 aromatic rings. The predicted octanol–water partition coefficient (Wildman–Crippen LogP) is 3.48. The van der Waals surface area contributed by atoms with Gasteiger partial charge >= 0.3 is 6.18 Å². The Labute approximate surface area is 97.6 Å². The van der Waals surface area contributed by atoms with Crippen LogP contribution in [0.3, 0.4) is 0 Å². The van der Waals surface area contributed by atoms with E-state index in [9.17, 15) is 22.8 Å². The quantitative estimate of drug-likeness (QED) is 0.618. The highest BCUT2D eigenvalue weighted by Gasteiger charge is 2.34. The van der Waals surface area contributed by atoms with Crippen LogP contribution in [0.4, 0.5) is 13.2 Å². The van der Waals surface area contributed by atoms with E-state index < -0.39 is 22.0 Å². The number of carbonyl (C=O) groups is 2. The summed E-state index contributed by atoms with van der Waals surface area (Å²) in [5, 5.41) is 0. The molecule has 1 aromatic carbocycles. The molecule has 0 aliphatic rings. The first kappa shape index (κ1) is 12.9. The summed E-state index contributed by atoms with van der Waals surface area (Å²) in [6, 6.07) is 1.75. The lowest BCUT2D eigenvalue weighted by Gasteiger charge is -2.12. The number of ketones is 1. The van der Waals surface area contributed by atoms with E-state index in [1.807, 2.05) is 0 Å². The van der Waals surface area contributed by atoms with E-state index in [-0.39, 0.29) is 11.1 Å². The maximum absolute atomic E-state index is 12.5. The third kappa shape index (κ3) is 2.32. The Morgan fingerprint density at radius 3 is 2.31 bits per heavy atom. The molecule has 0 aliphatic heterocycles. The minimum absolute atomic E-state index is 0.0626. The Kier molecular flexibility index (Phi) is 3.52. The van der Waals surface area contributed by atoms with Gasteiger partial charge < -0.3 is 0 Å². The van der Waals surface area contributed by atoms with Gasteiger partial charge in [0.25, 0.3) is 0 Å². The van der Waals surface area contributed by atoms with Gasteiger partial charge in [-0.15, -0.1) is 0 Å². The minimum Gasteiger partial charge on any atom is -0.298 e. The molecule has 6 heteroatoms. The minimum atomic E-state index is -4.57. The fourth-order valence-corrected chi connectivity index (χ4v) is 2.13. The van der Waals surface area contributed by atoms with E-state index in [4.69, 9.17) is 0 Å². The summed E-state index contributed by atoms with van der Waals surface area (Å²) in [6.07, 6.45) is -4.22. The van der Waals surface area contributed by atoms with Crippen LogP contribution in [-0.4, -0.2) is 12.1 Å². The van der Waals surface area contributed by atoms with Crippen LogP contribution in [0.25, 0.3) is 0 Å². The summed E-state index contributed by atoms with van der Waals surface area (Å²) in [7, 11) is 0. The van der Waals surface area contributed by atoms with Crippen molar-refractivity contribution in [1.29, 1.82) is 0 Å². The Balaban J connectivity index is 3.56. The Morgan fingerprint density at radius 1 is 1.38 bits per heavy atom. The SMILES string of the molecule is CC(=O)c1c(C=O)ccc(C(F)(F)F)c1Br. The van der Waals surface area contributed by atoms with Gasteiger partial charge in [-0.3, -0.25) is 9.59 Å². The lowest BCUT2D eigenvalue weighted by Crippen LogP contribution is -2.10. The summed E-state index contributed by atoms with van der Waals surface area (Å²) in [6.45, 7) is 1.10. The topological polar surface area (TPSA) is 34.1 Å². The maximum Gasteiger partial charge on any atom is 0.417 e. The molecule has 0 aliphatic carbocycles. The summed E-state index contributed by atoms with van der Waals surface area (Å²) in [5.41, 5.74) is -1.28.